The number of benzene rings is 2. The molecule has 0 bridgehead atoms. The fourth-order valence-corrected chi connectivity index (χ4v) is 2.87. The van der Waals surface area contributed by atoms with Gasteiger partial charge in [-0.25, -0.2) is 0 Å². The first-order chi connectivity index (χ1) is 12.0. The number of ether oxygens (including phenoxy) is 1. The Bertz CT molecular complexity index is 701. The molecule has 2 aromatic rings. The fraction of sp³-hybridized carbons (Fsp3) is 0.350. The molecule has 0 aromatic heterocycles. The number of aliphatic hydroxyl groups is 1. The summed E-state index contributed by atoms with van der Waals surface area (Å²) in [5.41, 5.74) is 2.99. The van der Waals surface area contributed by atoms with Crippen LogP contribution in [0.5, 0.6) is 5.75 Å². The van der Waals surface area contributed by atoms with E-state index in [9.17, 15) is 9.90 Å². The summed E-state index contributed by atoms with van der Waals surface area (Å²) < 4.78 is 5.55. The first-order valence-corrected chi connectivity index (χ1v) is 8.77. The molecule has 5 heteroatoms. The molecule has 0 heterocycles. The van der Waals surface area contributed by atoms with Crippen LogP contribution in [0.15, 0.2) is 42.5 Å². The zero-order valence-corrected chi connectivity index (χ0v) is 15.3. The van der Waals surface area contributed by atoms with Crippen LogP contribution in [0.3, 0.4) is 0 Å². The lowest BCUT2D eigenvalue weighted by atomic mass is 10.0. The molecule has 0 saturated heterocycles. The van der Waals surface area contributed by atoms with Gasteiger partial charge in [-0.3, -0.25) is 4.79 Å². The second-order valence-corrected chi connectivity index (χ2v) is 6.38. The highest BCUT2D eigenvalue weighted by atomic mass is 35.5. The second-order valence-electron chi connectivity index (χ2n) is 5.97. The highest BCUT2D eigenvalue weighted by Crippen LogP contribution is 2.29. The van der Waals surface area contributed by atoms with E-state index in [1.54, 1.807) is 12.1 Å². The number of carbonyl (C=O) groups is 1. The predicted molar refractivity (Wildman–Crippen MR) is 100 cm³/mol. The van der Waals surface area contributed by atoms with Gasteiger partial charge in [0, 0.05) is 5.56 Å². The summed E-state index contributed by atoms with van der Waals surface area (Å²) in [7, 11) is 0. The van der Waals surface area contributed by atoms with Crippen molar-refractivity contribution in [1.29, 1.82) is 0 Å². The van der Waals surface area contributed by atoms with Gasteiger partial charge < -0.3 is 15.2 Å². The highest BCUT2D eigenvalue weighted by molar-refractivity contribution is 6.32. The number of para-hydroxylation sites is 1. The van der Waals surface area contributed by atoms with Crippen LogP contribution in [0.1, 0.15) is 23.6 Å². The third kappa shape index (κ3) is 5.76. The van der Waals surface area contributed by atoms with Gasteiger partial charge in [0.05, 0.1) is 30.7 Å². The second kappa shape index (κ2) is 9.44. The topological polar surface area (TPSA) is 58.6 Å². The van der Waals surface area contributed by atoms with Crippen molar-refractivity contribution in [2.24, 2.45) is 0 Å². The maximum Gasteiger partial charge on any atom is 0.224 e. The van der Waals surface area contributed by atoms with Gasteiger partial charge in [0.15, 0.2) is 0 Å². The summed E-state index contributed by atoms with van der Waals surface area (Å²) in [6, 6.07) is 13.1. The SMILES string of the molecule is CCOc1c(Cl)cccc1CC(=O)N[C@@H](CO)Cc1ccc(C)cc1. The van der Waals surface area contributed by atoms with Crippen LogP contribution in [-0.4, -0.2) is 30.3 Å². The first kappa shape index (κ1) is 19.3. The summed E-state index contributed by atoms with van der Waals surface area (Å²) >= 11 is 6.15. The van der Waals surface area contributed by atoms with Crippen LogP contribution in [0.25, 0.3) is 0 Å². The molecule has 4 nitrogen and oxygen atoms in total. The van der Waals surface area contributed by atoms with Gasteiger partial charge >= 0.3 is 0 Å². The Hall–Kier alpha value is -2.04. The van der Waals surface area contributed by atoms with E-state index in [2.05, 4.69) is 5.32 Å². The Kier molecular flexibility index (Phi) is 7.29. The number of hydrogen-bond donors (Lipinski definition) is 2. The van der Waals surface area contributed by atoms with Crippen molar-refractivity contribution >= 4 is 17.5 Å². The molecule has 0 aliphatic heterocycles. The zero-order valence-electron chi connectivity index (χ0n) is 14.6. The van der Waals surface area contributed by atoms with Gasteiger partial charge in [-0.15, -0.1) is 0 Å². The van der Waals surface area contributed by atoms with E-state index in [4.69, 9.17) is 16.3 Å². The Labute approximate surface area is 153 Å². The fourth-order valence-electron chi connectivity index (χ4n) is 2.62. The van der Waals surface area contributed by atoms with Gasteiger partial charge in [-0.2, -0.15) is 0 Å². The van der Waals surface area contributed by atoms with Gasteiger partial charge in [0.1, 0.15) is 5.75 Å². The highest BCUT2D eigenvalue weighted by Gasteiger charge is 2.16. The molecule has 2 aromatic carbocycles. The van der Waals surface area contributed by atoms with Crippen molar-refractivity contribution in [2.45, 2.75) is 32.7 Å². The molecule has 0 aliphatic carbocycles. The maximum absolute atomic E-state index is 12.4. The summed E-state index contributed by atoms with van der Waals surface area (Å²) in [5.74, 6) is 0.371. The maximum atomic E-state index is 12.4. The van der Waals surface area contributed by atoms with Crippen LogP contribution >= 0.6 is 11.6 Å². The van der Waals surface area contributed by atoms with Crippen molar-refractivity contribution in [3.8, 4) is 5.75 Å². The molecule has 0 saturated carbocycles. The van der Waals surface area contributed by atoms with Crippen molar-refractivity contribution in [1.82, 2.24) is 5.32 Å². The quantitative estimate of drug-likeness (QED) is 0.758. The number of nitrogens with one attached hydrogen (secondary N) is 1. The molecular weight excluding hydrogens is 338 g/mol. The van der Waals surface area contributed by atoms with Crippen LogP contribution < -0.4 is 10.1 Å². The minimum atomic E-state index is -0.329. The molecule has 25 heavy (non-hydrogen) atoms. The third-order valence-corrected chi connectivity index (χ3v) is 4.17. The van der Waals surface area contributed by atoms with Crippen LogP contribution in [0.2, 0.25) is 5.02 Å². The molecule has 0 spiro atoms. The molecule has 1 amide bonds. The number of halogens is 1. The average Bonchev–Trinajstić information content (AvgIpc) is 2.59. The molecule has 0 radical (unpaired) electrons. The average molecular weight is 362 g/mol. The molecular formula is C20H24ClNO3. The molecule has 0 unspecified atom stereocenters. The van der Waals surface area contributed by atoms with Crippen molar-refractivity contribution < 1.29 is 14.6 Å². The number of hydrogen-bond acceptors (Lipinski definition) is 3. The van der Waals surface area contributed by atoms with E-state index < -0.39 is 0 Å². The molecule has 1 atom stereocenters. The minimum Gasteiger partial charge on any atom is -0.492 e. The number of rotatable bonds is 8. The number of aryl methyl sites for hydroxylation is 1. The Morgan fingerprint density at radius 1 is 1.24 bits per heavy atom. The molecule has 2 N–H and O–H groups in total. The Balaban J connectivity index is 2.00. The number of carbonyl (C=O) groups excluding carboxylic acids is 1. The Morgan fingerprint density at radius 3 is 2.60 bits per heavy atom. The largest absolute Gasteiger partial charge is 0.492 e. The van der Waals surface area contributed by atoms with E-state index in [-0.39, 0.29) is 25.0 Å². The summed E-state index contributed by atoms with van der Waals surface area (Å²) in [6.07, 6.45) is 0.733. The lowest BCUT2D eigenvalue weighted by molar-refractivity contribution is -0.121. The van der Waals surface area contributed by atoms with Crippen molar-refractivity contribution in [3.63, 3.8) is 0 Å². The van der Waals surface area contributed by atoms with Crippen molar-refractivity contribution in [2.75, 3.05) is 13.2 Å². The Morgan fingerprint density at radius 2 is 1.96 bits per heavy atom. The first-order valence-electron chi connectivity index (χ1n) is 8.39. The standard InChI is InChI=1S/C20H24ClNO3/c1-3-25-20-16(5-4-6-18(20)21)12-19(24)22-17(13-23)11-15-9-7-14(2)8-10-15/h4-10,17,23H,3,11-13H2,1-2H3,(H,22,24)/t17-/m1/s1. The third-order valence-electron chi connectivity index (χ3n) is 3.88. The predicted octanol–water partition coefficient (Wildman–Crippen LogP) is 3.31. The van der Waals surface area contributed by atoms with Crippen molar-refractivity contribution in [3.05, 3.63) is 64.2 Å². The number of aliphatic hydroxyl groups excluding tert-OH is 1. The summed E-state index contributed by atoms with van der Waals surface area (Å²) in [6.45, 7) is 4.26. The number of amides is 1. The van der Waals surface area contributed by atoms with E-state index in [0.29, 0.717) is 23.8 Å². The minimum absolute atomic E-state index is 0.118. The monoisotopic (exact) mass is 361 g/mol. The molecule has 0 fully saturated rings. The van der Waals surface area contributed by atoms with E-state index in [0.717, 1.165) is 11.1 Å². The van der Waals surface area contributed by atoms with Crippen LogP contribution in [0.4, 0.5) is 0 Å². The lowest BCUT2D eigenvalue weighted by Gasteiger charge is -2.17. The molecule has 2 rings (SSSR count). The summed E-state index contributed by atoms with van der Waals surface area (Å²) in [5, 5.41) is 13.0. The zero-order chi connectivity index (χ0) is 18.2. The normalized spacial score (nSPS) is 11.8. The molecule has 0 aliphatic rings. The van der Waals surface area contributed by atoms with E-state index >= 15 is 0 Å². The van der Waals surface area contributed by atoms with Crippen LogP contribution in [0, 0.1) is 6.92 Å². The van der Waals surface area contributed by atoms with Gasteiger partial charge in [-0.1, -0.05) is 53.6 Å². The lowest BCUT2D eigenvalue weighted by Crippen LogP contribution is -2.40. The van der Waals surface area contributed by atoms with E-state index in [1.165, 1.54) is 5.56 Å². The van der Waals surface area contributed by atoms with Crippen LogP contribution in [-0.2, 0) is 17.6 Å². The van der Waals surface area contributed by atoms with Gasteiger partial charge in [0.25, 0.3) is 0 Å². The van der Waals surface area contributed by atoms with Gasteiger partial charge in [0.2, 0.25) is 5.91 Å². The van der Waals surface area contributed by atoms with E-state index in [1.807, 2.05) is 44.2 Å². The smallest absolute Gasteiger partial charge is 0.224 e. The van der Waals surface area contributed by atoms with Gasteiger partial charge in [-0.05, 0) is 31.9 Å². The molecule has 134 valence electrons. The summed E-state index contributed by atoms with van der Waals surface area (Å²) in [4.78, 5) is 12.4.